The molecule has 3 nitrogen and oxygen atoms in total. The second-order valence-electron chi connectivity index (χ2n) is 3.13. The molecular formula is C11H8ClN3. The normalized spacial score (nSPS) is 9.93. The molecule has 0 unspecified atom stereocenters. The number of aromatic nitrogens is 2. The first-order valence-corrected chi connectivity index (χ1v) is 4.76. The second-order valence-corrected chi connectivity index (χ2v) is 3.57. The number of hydrogen-bond donors (Lipinski definition) is 0. The van der Waals surface area contributed by atoms with E-state index in [1.54, 1.807) is 17.8 Å². The molecule has 15 heavy (non-hydrogen) atoms. The first-order valence-electron chi connectivity index (χ1n) is 4.38. The van der Waals surface area contributed by atoms with E-state index in [9.17, 15) is 0 Å². The molecule has 1 aromatic carbocycles. The van der Waals surface area contributed by atoms with E-state index in [1.807, 2.05) is 24.3 Å². The predicted molar refractivity (Wildman–Crippen MR) is 59.9 cm³/mol. The van der Waals surface area contributed by atoms with Crippen LogP contribution in [0.15, 0.2) is 30.3 Å². The van der Waals surface area contributed by atoms with E-state index in [0.29, 0.717) is 10.8 Å². The Kier molecular flexibility index (Phi) is 2.44. The van der Waals surface area contributed by atoms with Gasteiger partial charge in [0.25, 0.3) is 5.82 Å². The summed E-state index contributed by atoms with van der Waals surface area (Å²) in [6, 6.07) is 9.15. The molecule has 1 aromatic heterocycles. The number of aryl methyl sites for hydroxylation is 1. The summed E-state index contributed by atoms with van der Waals surface area (Å²) in [6.07, 6.45) is 0. The smallest absolute Gasteiger partial charge is 0.252 e. The van der Waals surface area contributed by atoms with Crippen molar-refractivity contribution < 1.29 is 0 Å². The van der Waals surface area contributed by atoms with Crippen LogP contribution in [0.1, 0.15) is 0 Å². The maximum atomic E-state index is 6.94. The van der Waals surface area contributed by atoms with Crippen molar-refractivity contribution in [1.29, 1.82) is 0 Å². The fourth-order valence-electron chi connectivity index (χ4n) is 1.32. The molecule has 0 bridgehead atoms. The van der Waals surface area contributed by atoms with Crippen LogP contribution in [0.25, 0.3) is 16.1 Å². The Morgan fingerprint density at radius 1 is 1.33 bits per heavy atom. The van der Waals surface area contributed by atoms with E-state index in [4.69, 9.17) is 18.2 Å². The minimum Gasteiger partial charge on any atom is -0.362 e. The van der Waals surface area contributed by atoms with Gasteiger partial charge in [0.2, 0.25) is 0 Å². The van der Waals surface area contributed by atoms with Crippen LogP contribution >= 0.6 is 11.6 Å². The lowest BCUT2D eigenvalue weighted by molar-refractivity contribution is 0.786. The highest BCUT2D eigenvalue weighted by atomic mass is 35.5. The van der Waals surface area contributed by atoms with Gasteiger partial charge in [0.05, 0.1) is 7.05 Å². The van der Waals surface area contributed by atoms with Gasteiger partial charge in [0.15, 0.2) is 0 Å². The van der Waals surface area contributed by atoms with Gasteiger partial charge >= 0.3 is 0 Å². The van der Waals surface area contributed by atoms with Crippen LogP contribution in [-0.2, 0) is 7.05 Å². The summed E-state index contributed by atoms with van der Waals surface area (Å²) in [4.78, 5) is 3.36. The summed E-state index contributed by atoms with van der Waals surface area (Å²) in [5.74, 6) is 0.528. The van der Waals surface area contributed by atoms with Crippen molar-refractivity contribution in [2.75, 3.05) is 0 Å². The summed E-state index contributed by atoms with van der Waals surface area (Å²) < 4.78 is 1.57. The zero-order valence-corrected chi connectivity index (χ0v) is 8.86. The lowest BCUT2D eigenvalue weighted by atomic mass is 10.1. The fraction of sp³-hybridized carbons (Fsp3) is 0.0909. The molecule has 0 N–H and O–H groups in total. The Labute approximate surface area is 92.7 Å². The Hall–Kier alpha value is -1.79. The molecule has 4 heteroatoms. The molecule has 0 aliphatic rings. The molecule has 2 rings (SSSR count). The molecule has 0 saturated heterocycles. The molecule has 0 aliphatic carbocycles. The predicted octanol–water partition coefficient (Wildman–Crippen LogP) is 3.29. The Morgan fingerprint density at radius 2 is 2.00 bits per heavy atom. The Balaban J connectivity index is 2.46. The second kappa shape index (κ2) is 3.76. The average Bonchev–Trinajstić information content (AvgIpc) is 2.61. The van der Waals surface area contributed by atoms with Gasteiger partial charge in [-0.15, -0.1) is 5.10 Å². The van der Waals surface area contributed by atoms with Crippen LogP contribution in [0, 0.1) is 6.57 Å². The molecule has 2 aromatic rings. The third-order valence-corrected chi connectivity index (χ3v) is 2.36. The molecule has 1 heterocycles. The van der Waals surface area contributed by atoms with Crippen molar-refractivity contribution in [3.63, 3.8) is 0 Å². The average molecular weight is 218 g/mol. The van der Waals surface area contributed by atoms with Crippen LogP contribution in [0.4, 0.5) is 5.82 Å². The van der Waals surface area contributed by atoms with Gasteiger partial charge in [-0.1, -0.05) is 30.3 Å². The Bertz CT molecular complexity index is 520. The van der Waals surface area contributed by atoms with Gasteiger partial charge < -0.3 is 4.85 Å². The van der Waals surface area contributed by atoms with Crippen molar-refractivity contribution in [2.45, 2.75) is 0 Å². The number of benzene rings is 1. The molecule has 74 valence electrons. The number of nitrogens with zero attached hydrogens (tertiary/aromatic N) is 3. The van der Waals surface area contributed by atoms with Gasteiger partial charge in [0, 0.05) is 10.6 Å². The van der Waals surface area contributed by atoms with Gasteiger partial charge in [0.1, 0.15) is 5.69 Å². The zero-order chi connectivity index (χ0) is 10.8. The molecule has 0 aliphatic heterocycles. The Morgan fingerprint density at radius 3 is 2.53 bits per heavy atom. The van der Waals surface area contributed by atoms with E-state index in [-0.39, 0.29) is 0 Å². The lowest BCUT2D eigenvalue weighted by Gasteiger charge is -1.94. The van der Waals surface area contributed by atoms with Crippen LogP contribution in [0.5, 0.6) is 0 Å². The number of rotatable bonds is 1. The number of halogens is 1. The van der Waals surface area contributed by atoms with E-state index >= 15 is 0 Å². The first kappa shape index (κ1) is 9.75. The van der Waals surface area contributed by atoms with E-state index in [2.05, 4.69) is 9.94 Å². The zero-order valence-electron chi connectivity index (χ0n) is 8.11. The molecule has 0 radical (unpaired) electrons. The minimum atomic E-state index is 0.528. The largest absolute Gasteiger partial charge is 0.362 e. The van der Waals surface area contributed by atoms with Crippen molar-refractivity contribution >= 4 is 17.4 Å². The van der Waals surface area contributed by atoms with Crippen LogP contribution < -0.4 is 0 Å². The van der Waals surface area contributed by atoms with Gasteiger partial charge in [-0.05, 0) is 18.2 Å². The monoisotopic (exact) mass is 217 g/mol. The lowest BCUT2D eigenvalue weighted by Crippen LogP contribution is -1.88. The molecule has 0 atom stereocenters. The summed E-state index contributed by atoms with van der Waals surface area (Å²) in [6.45, 7) is 6.94. The standard InChI is InChI=1S/C11H8ClN3/c1-13-11-7-10(14-15(11)2)8-3-5-9(12)6-4-8/h3-7H,2H3. The maximum absolute atomic E-state index is 6.94. The van der Waals surface area contributed by atoms with Gasteiger partial charge in [-0.2, -0.15) is 0 Å². The highest BCUT2D eigenvalue weighted by molar-refractivity contribution is 6.30. The molecule has 0 saturated carbocycles. The van der Waals surface area contributed by atoms with Gasteiger partial charge in [-0.25, -0.2) is 4.68 Å². The quantitative estimate of drug-likeness (QED) is 0.672. The number of hydrogen-bond acceptors (Lipinski definition) is 1. The minimum absolute atomic E-state index is 0.528. The first-order chi connectivity index (χ1) is 7.20. The highest BCUT2D eigenvalue weighted by Crippen LogP contribution is 2.24. The van der Waals surface area contributed by atoms with Crippen molar-refractivity contribution in [3.8, 4) is 11.3 Å². The third-order valence-electron chi connectivity index (χ3n) is 2.11. The van der Waals surface area contributed by atoms with E-state index < -0.39 is 0 Å². The van der Waals surface area contributed by atoms with Crippen molar-refractivity contribution in [3.05, 3.63) is 46.8 Å². The summed E-state index contributed by atoms with van der Waals surface area (Å²) in [5, 5.41) is 4.94. The summed E-state index contributed by atoms with van der Waals surface area (Å²) >= 11 is 5.79. The van der Waals surface area contributed by atoms with Crippen molar-refractivity contribution in [1.82, 2.24) is 9.78 Å². The molecule has 0 amide bonds. The summed E-state index contributed by atoms with van der Waals surface area (Å²) in [7, 11) is 1.76. The molecular weight excluding hydrogens is 210 g/mol. The summed E-state index contributed by atoms with van der Waals surface area (Å²) in [5.41, 5.74) is 1.75. The fourth-order valence-corrected chi connectivity index (χ4v) is 1.45. The van der Waals surface area contributed by atoms with Gasteiger partial charge in [-0.3, -0.25) is 0 Å². The van der Waals surface area contributed by atoms with Crippen molar-refractivity contribution in [2.24, 2.45) is 7.05 Å². The highest BCUT2D eigenvalue weighted by Gasteiger charge is 2.07. The topological polar surface area (TPSA) is 22.2 Å². The molecule has 0 fully saturated rings. The van der Waals surface area contributed by atoms with E-state index in [0.717, 1.165) is 11.3 Å². The maximum Gasteiger partial charge on any atom is 0.252 e. The van der Waals surface area contributed by atoms with Crippen LogP contribution in [0.3, 0.4) is 0 Å². The third kappa shape index (κ3) is 1.85. The SMILES string of the molecule is [C-]#[N+]c1cc(-c2ccc(Cl)cc2)nn1C. The van der Waals surface area contributed by atoms with Crippen LogP contribution in [0.2, 0.25) is 5.02 Å². The molecule has 0 spiro atoms. The van der Waals surface area contributed by atoms with E-state index in [1.165, 1.54) is 0 Å². The van der Waals surface area contributed by atoms with Crippen LogP contribution in [-0.4, -0.2) is 9.78 Å².